The molecule has 0 N–H and O–H groups in total. The smallest absolute Gasteiger partial charge is 0.161 e. The van der Waals surface area contributed by atoms with E-state index in [-0.39, 0.29) is 11.6 Å². The Balaban J connectivity index is 1.89. The quantitative estimate of drug-likeness (QED) is 0.192. The minimum absolute atomic E-state index is 0.0228. The first-order valence-electron chi connectivity index (χ1n) is 11.3. The number of allylic oxidation sites excluding steroid dienone is 3. The Morgan fingerprint density at radius 2 is 1.52 bits per heavy atom. The van der Waals surface area contributed by atoms with Crippen molar-refractivity contribution in [3.8, 4) is 11.5 Å². The molecule has 0 aliphatic heterocycles. The standard InChI is InChI=1S/C27H33FO5/c1-3-30-17-19-32-26-16-12-23(21-27(26)33-20-18-31-4-2)11-15-25(29)8-6-5-7-22-9-13-24(28)14-10-22/h5-10,12-14,16,21H,3-4,11,15,17-20H2,1-2H3/b7-5+,8-6+. The van der Waals surface area contributed by atoms with Crippen LogP contribution in [0.3, 0.4) is 0 Å². The molecule has 0 atom stereocenters. The van der Waals surface area contributed by atoms with Crippen molar-refractivity contribution in [1.82, 2.24) is 0 Å². The van der Waals surface area contributed by atoms with Gasteiger partial charge >= 0.3 is 0 Å². The second-order valence-corrected chi connectivity index (χ2v) is 7.11. The van der Waals surface area contributed by atoms with Crippen LogP contribution in [0.25, 0.3) is 6.08 Å². The van der Waals surface area contributed by atoms with Gasteiger partial charge in [0.2, 0.25) is 0 Å². The second kappa shape index (κ2) is 15.8. The van der Waals surface area contributed by atoms with Gasteiger partial charge in [-0.2, -0.15) is 0 Å². The van der Waals surface area contributed by atoms with E-state index in [1.807, 2.05) is 38.1 Å². The van der Waals surface area contributed by atoms with Gasteiger partial charge in [-0.3, -0.25) is 4.79 Å². The lowest BCUT2D eigenvalue weighted by molar-refractivity contribution is -0.114. The van der Waals surface area contributed by atoms with Crippen LogP contribution in [0.2, 0.25) is 0 Å². The van der Waals surface area contributed by atoms with Crippen LogP contribution in [0.15, 0.2) is 60.7 Å². The van der Waals surface area contributed by atoms with Crippen molar-refractivity contribution in [2.24, 2.45) is 0 Å². The van der Waals surface area contributed by atoms with Crippen molar-refractivity contribution < 1.29 is 28.1 Å². The van der Waals surface area contributed by atoms with E-state index in [0.29, 0.717) is 64.0 Å². The second-order valence-electron chi connectivity index (χ2n) is 7.11. The molecule has 6 heteroatoms. The molecule has 0 unspecified atom stereocenters. The van der Waals surface area contributed by atoms with E-state index < -0.39 is 0 Å². The van der Waals surface area contributed by atoms with E-state index in [1.54, 1.807) is 30.4 Å². The zero-order chi connectivity index (χ0) is 23.7. The first-order valence-corrected chi connectivity index (χ1v) is 11.3. The third-order valence-electron chi connectivity index (χ3n) is 4.60. The van der Waals surface area contributed by atoms with Gasteiger partial charge in [-0.05, 0) is 61.7 Å². The number of ketones is 1. The molecule has 0 fully saturated rings. The largest absolute Gasteiger partial charge is 0.487 e. The SMILES string of the molecule is CCOCCOc1ccc(CCC(=O)/C=C/C=C/c2ccc(F)cc2)cc1OCCOCC. The lowest BCUT2D eigenvalue weighted by atomic mass is 10.1. The normalized spacial score (nSPS) is 11.4. The number of hydrogen-bond donors (Lipinski definition) is 0. The van der Waals surface area contributed by atoms with Gasteiger partial charge in [0.25, 0.3) is 0 Å². The summed E-state index contributed by atoms with van der Waals surface area (Å²) >= 11 is 0. The Morgan fingerprint density at radius 1 is 0.848 bits per heavy atom. The molecular formula is C27H33FO5. The van der Waals surface area contributed by atoms with Crippen molar-refractivity contribution in [3.05, 3.63) is 77.6 Å². The summed E-state index contributed by atoms with van der Waals surface area (Å²) in [5.41, 5.74) is 1.86. The van der Waals surface area contributed by atoms with Gasteiger partial charge in [-0.1, -0.05) is 36.4 Å². The summed E-state index contributed by atoms with van der Waals surface area (Å²) in [6.45, 7) is 7.01. The lowest BCUT2D eigenvalue weighted by Gasteiger charge is -2.14. The summed E-state index contributed by atoms with van der Waals surface area (Å²) in [6, 6.07) is 11.9. The molecule has 0 radical (unpaired) electrons. The zero-order valence-corrected chi connectivity index (χ0v) is 19.4. The molecule has 0 saturated heterocycles. The van der Waals surface area contributed by atoms with E-state index in [9.17, 15) is 9.18 Å². The maximum absolute atomic E-state index is 12.9. The Labute approximate surface area is 195 Å². The number of halogens is 1. The Bertz CT molecular complexity index is 890. The van der Waals surface area contributed by atoms with E-state index in [2.05, 4.69) is 0 Å². The van der Waals surface area contributed by atoms with Crippen LogP contribution in [0.5, 0.6) is 11.5 Å². The average Bonchev–Trinajstić information content (AvgIpc) is 2.83. The molecule has 0 saturated carbocycles. The van der Waals surface area contributed by atoms with Crippen molar-refractivity contribution >= 4 is 11.9 Å². The van der Waals surface area contributed by atoms with Crippen LogP contribution in [0.1, 0.15) is 31.4 Å². The lowest BCUT2D eigenvalue weighted by Crippen LogP contribution is -2.10. The highest BCUT2D eigenvalue weighted by atomic mass is 19.1. The zero-order valence-electron chi connectivity index (χ0n) is 19.4. The number of aryl methyl sites for hydroxylation is 1. The molecule has 33 heavy (non-hydrogen) atoms. The molecule has 0 aliphatic carbocycles. The number of carbonyl (C=O) groups excluding carboxylic acids is 1. The van der Waals surface area contributed by atoms with Crippen molar-refractivity contribution in [2.75, 3.05) is 39.6 Å². The molecular weight excluding hydrogens is 423 g/mol. The predicted molar refractivity (Wildman–Crippen MR) is 128 cm³/mol. The average molecular weight is 457 g/mol. The van der Waals surface area contributed by atoms with Gasteiger partial charge in [0, 0.05) is 19.6 Å². The van der Waals surface area contributed by atoms with Crippen molar-refractivity contribution in [3.63, 3.8) is 0 Å². The highest BCUT2D eigenvalue weighted by molar-refractivity contribution is 5.90. The van der Waals surface area contributed by atoms with Gasteiger partial charge in [0.15, 0.2) is 17.3 Å². The molecule has 5 nitrogen and oxygen atoms in total. The first-order chi connectivity index (χ1) is 16.1. The number of hydrogen-bond acceptors (Lipinski definition) is 5. The minimum atomic E-state index is -0.272. The fourth-order valence-electron chi connectivity index (χ4n) is 2.90. The molecule has 0 spiro atoms. The van der Waals surface area contributed by atoms with Crippen LogP contribution in [0, 0.1) is 5.82 Å². The van der Waals surface area contributed by atoms with Gasteiger partial charge in [-0.15, -0.1) is 0 Å². The van der Waals surface area contributed by atoms with E-state index >= 15 is 0 Å². The van der Waals surface area contributed by atoms with Crippen LogP contribution in [-0.4, -0.2) is 45.4 Å². The molecule has 2 aromatic rings. The van der Waals surface area contributed by atoms with Gasteiger partial charge in [0.1, 0.15) is 19.0 Å². The number of benzene rings is 2. The molecule has 178 valence electrons. The molecule has 0 amide bonds. The van der Waals surface area contributed by atoms with Crippen LogP contribution in [-0.2, 0) is 20.7 Å². The Morgan fingerprint density at radius 3 is 2.18 bits per heavy atom. The Kier molecular flexibility index (Phi) is 12.6. The number of carbonyl (C=O) groups is 1. The Hall–Kier alpha value is -2.96. The van der Waals surface area contributed by atoms with Gasteiger partial charge in [-0.25, -0.2) is 4.39 Å². The third kappa shape index (κ3) is 10.9. The van der Waals surface area contributed by atoms with E-state index in [1.165, 1.54) is 12.1 Å². The van der Waals surface area contributed by atoms with Gasteiger partial charge < -0.3 is 18.9 Å². The minimum Gasteiger partial charge on any atom is -0.487 e. The maximum atomic E-state index is 12.9. The summed E-state index contributed by atoms with van der Waals surface area (Å²) in [4.78, 5) is 12.2. The van der Waals surface area contributed by atoms with E-state index in [0.717, 1.165) is 11.1 Å². The van der Waals surface area contributed by atoms with E-state index in [4.69, 9.17) is 18.9 Å². The fourth-order valence-corrected chi connectivity index (χ4v) is 2.90. The monoisotopic (exact) mass is 456 g/mol. The predicted octanol–water partition coefficient (Wildman–Crippen LogP) is 5.43. The van der Waals surface area contributed by atoms with Gasteiger partial charge in [0.05, 0.1) is 13.2 Å². The highest BCUT2D eigenvalue weighted by Crippen LogP contribution is 2.29. The molecule has 0 aromatic heterocycles. The van der Waals surface area contributed by atoms with Crippen LogP contribution < -0.4 is 9.47 Å². The topological polar surface area (TPSA) is 54.0 Å². The molecule has 2 rings (SSSR count). The molecule has 0 heterocycles. The summed E-state index contributed by atoms with van der Waals surface area (Å²) in [6.07, 6.45) is 7.80. The highest BCUT2D eigenvalue weighted by Gasteiger charge is 2.08. The van der Waals surface area contributed by atoms with Crippen LogP contribution in [0.4, 0.5) is 4.39 Å². The first kappa shape index (κ1) is 26.3. The molecule has 0 bridgehead atoms. The fraction of sp³-hybridized carbons (Fsp3) is 0.370. The number of rotatable bonds is 16. The number of ether oxygens (including phenoxy) is 4. The summed E-state index contributed by atoms with van der Waals surface area (Å²) < 4.78 is 35.2. The summed E-state index contributed by atoms with van der Waals surface area (Å²) in [7, 11) is 0. The summed E-state index contributed by atoms with van der Waals surface area (Å²) in [5, 5.41) is 0. The molecule has 2 aromatic carbocycles. The van der Waals surface area contributed by atoms with Crippen LogP contribution >= 0.6 is 0 Å². The summed E-state index contributed by atoms with van der Waals surface area (Å²) in [5.74, 6) is 1.03. The van der Waals surface area contributed by atoms with Crippen molar-refractivity contribution in [2.45, 2.75) is 26.7 Å². The van der Waals surface area contributed by atoms with Crippen molar-refractivity contribution in [1.29, 1.82) is 0 Å². The maximum Gasteiger partial charge on any atom is 0.161 e. The molecule has 0 aliphatic rings. The third-order valence-corrected chi connectivity index (χ3v) is 4.60.